The lowest BCUT2D eigenvalue weighted by molar-refractivity contribution is -0.283. The van der Waals surface area contributed by atoms with E-state index < -0.39 is 27.8 Å². The third-order valence-electron chi connectivity index (χ3n) is 5.66. The van der Waals surface area contributed by atoms with Gasteiger partial charge in [0.25, 0.3) is 11.6 Å². The van der Waals surface area contributed by atoms with Crippen LogP contribution in [0.5, 0.6) is 0 Å². The van der Waals surface area contributed by atoms with E-state index in [9.17, 15) is 31.5 Å². The number of sulfonamides is 1. The number of hydrogen-bond acceptors (Lipinski definition) is 5. The van der Waals surface area contributed by atoms with Crippen LogP contribution in [0.4, 0.5) is 13.2 Å². The zero-order chi connectivity index (χ0) is 23.9. The molecule has 2 aliphatic heterocycles. The molecule has 2 N–H and O–H groups in total. The smallest absolute Gasteiger partial charge is 0.359 e. The average Bonchev–Trinajstić information content (AvgIpc) is 3.19. The lowest BCUT2D eigenvalue weighted by atomic mass is 10.1. The van der Waals surface area contributed by atoms with E-state index in [1.807, 2.05) is 0 Å². The fourth-order valence-corrected chi connectivity index (χ4v) is 5.42. The molecule has 2 heterocycles. The molecule has 2 aromatic carbocycles. The quantitative estimate of drug-likeness (QED) is 0.701. The van der Waals surface area contributed by atoms with Crippen molar-refractivity contribution in [3.05, 3.63) is 71.8 Å². The first-order valence-electron chi connectivity index (χ1n) is 10.3. The second-order valence-corrected chi connectivity index (χ2v) is 9.83. The minimum absolute atomic E-state index is 0.0714. The van der Waals surface area contributed by atoms with Gasteiger partial charge >= 0.3 is 6.18 Å². The number of halogens is 3. The number of hydrazine groups is 1. The minimum atomic E-state index is -5.22. The second kappa shape index (κ2) is 8.47. The van der Waals surface area contributed by atoms with Gasteiger partial charge in [0.15, 0.2) is 0 Å². The first-order chi connectivity index (χ1) is 15.5. The molecule has 1 atom stereocenters. The van der Waals surface area contributed by atoms with E-state index in [2.05, 4.69) is 5.43 Å². The summed E-state index contributed by atoms with van der Waals surface area (Å²) >= 11 is 0. The Morgan fingerprint density at radius 3 is 2.30 bits per heavy atom. The Morgan fingerprint density at radius 2 is 1.67 bits per heavy atom. The van der Waals surface area contributed by atoms with Crippen LogP contribution in [-0.4, -0.2) is 53.7 Å². The van der Waals surface area contributed by atoms with Crippen LogP contribution in [0, 0.1) is 0 Å². The lowest BCUT2D eigenvalue weighted by Crippen LogP contribution is -2.60. The predicted molar refractivity (Wildman–Crippen MR) is 114 cm³/mol. The molecule has 0 unspecified atom stereocenters. The Morgan fingerprint density at radius 1 is 1.00 bits per heavy atom. The number of amides is 1. The minimum Gasteiger partial charge on any atom is -0.359 e. The number of piperidine rings is 1. The van der Waals surface area contributed by atoms with Gasteiger partial charge in [0.1, 0.15) is 0 Å². The Labute approximate surface area is 189 Å². The van der Waals surface area contributed by atoms with Gasteiger partial charge in [0.2, 0.25) is 10.0 Å². The van der Waals surface area contributed by atoms with Crippen LogP contribution >= 0.6 is 0 Å². The maximum atomic E-state index is 13.8. The Hall–Kier alpha value is -2.89. The van der Waals surface area contributed by atoms with Crippen molar-refractivity contribution in [1.82, 2.24) is 14.7 Å². The van der Waals surface area contributed by atoms with Crippen molar-refractivity contribution >= 4 is 21.6 Å². The summed E-state index contributed by atoms with van der Waals surface area (Å²) in [5.74, 6) is -1.23. The van der Waals surface area contributed by atoms with Crippen molar-refractivity contribution in [1.29, 1.82) is 0 Å². The molecule has 1 amide bonds. The molecule has 0 aliphatic carbocycles. The van der Waals surface area contributed by atoms with Crippen LogP contribution in [-0.2, 0) is 10.0 Å². The molecule has 0 bridgehead atoms. The van der Waals surface area contributed by atoms with Crippen molar-refractivity contribution in [2.75, 3.05) is 13.1 Å². The molecule has 7 nitrogen and oxygen atoms in total. The fraction of sp³-hybridized carbons (Fsp3) is 0.318. The molecule has 2 aliphatic rings. The Bertz CT molecular complexity index is 1180. The highest BCUT2D eigenvalue weighted by Gasteiger charge is 2.61. The maximum Gasteiger partial charge on any atom is 0.442 e. The van der Waals surface area contributed by atoms with E-state index in [1.165, 1.54) is 34.6 Å². The van der Waals surface area contributed by atoms with E-state index >= 15 is 0 Å². The summed E-state index contributed by atoms with van der Waals surface area (Å²) in [5, 5.41) is 10.6. The fourth-order valence-electron chi connectivity index (χ4n) is 3.86. The molecule has 0 aromatic heterocycles. The summed E-state index contributed by atoms with van der Waals surface area (Å²) in [6.45, 7) is 0.679. The normalized spacial score (nSPS) is 22.1. The summed E-state index contributed by atoms with van der Waals surface area (Å²) in [6.07, 6.45) is -2.36. The van der Waals surface area contributed by atoms with Crippen LogP contribution < -0.4 is 5.43 Å². The standard InChI is InChI=1S/C22H22F3N3O4S/c23-22(24,25)21(30)15-19(16-8-3-1-4-9-16)26-28(21)20(29)17-10-7-11-18(14-17)33(31,32)27-12-5-2-6-13-27/h1,3-4,7-11,14-15,26,30H,2,5-6,12-13H2/t21-/m1/s1. The second-order valence-electron chi connectivity index (χ2n) is 7.89. The van der Waals surface area contributed by atoms with Gasteiger partial charge < -0.3 is 5.11 Å². The Balaban J connectivity index is 1.68. The van der Waals surface area contributed by atoms with Gasteiger partial charge in [-0.3, -0.25) is 10.2 Å². The van der Waals surface area contributed by atoms with E-state index in [1.54, 1.807) is 18.2 Å². The summed E-state index contributed by atoms with van der Waals surface area (Å²) in [4.78, 5) is 12.9. The zero-order valence-electron chi connectivity index (χ0n) is 17.4. The molecular formula is C22H22F3N3O4S. The molecule has 0 radical (unpaired) electrons. The van der Waals surface area contributed by atoms with E-state index in [4.69, 9.17) is 0 Å². The summed E-state index contributed by atoms with van der Waals surface area (Å²) in [7, 11) is -3.91. The van der Waals surface area contributed by atoms with E-state index in [0.29, 0.717) is 37.6 Å². The van der Waals surface area contributed by atoms with Crippen molar-refractivity contribution in [2.24, 2.45) is 0 Å². The highest BCUT2D eigenvalue weighted by atomic mass is 32.2. The van der Waals surface area contributed by atoms with E-state index in [-0.39, 0.29) is 21.2 Å². The summed E-state index contributed by atoms with van der Waals surface area (Å²) in [5.41, 5.74) is -1.38. The SMILES string of the molecule is O=C(c1cccc(S(=O)(=O)N2CCCCC2)c1)N1NC(c2ccccc2)=C[C@@]1(O)C(F)(F)F. The molecule has 0 saturated carbocycles. The van der Waals surface area contributed by atoms with Gasteiger partial charge in [0.05, 0.1) is 10.6 Å². The average molecular weight is 481 g/mol. The Kier molecular flexibility index (Phi) is 5.97. The number of rotatable bonds is 4. The number of carbonyl (C=O) groups excluding carboxylic acids is 1. The van der Waals surface area contributed by atoms with Crippen LogP contribution in [0.25, 0.3) is 5.70 Å². The number of alkyl halides is 3. The third kappa shape index (κ3) is 4.23. The van der Waals surface area contributed by atoms with Gasteiger partial charge in [-0.2, -0.15) is 17.5 Å². The van der Waals surface area contributed by atoms with Gasteiger partial charge in [-0.1, -0.05) is 42.8 Å². The highest BCUT2D eigenvalue weighted by Crippen LogP contribution is 2.40. The lowest BCUT2D eigenvalue weighted by Gasteiger charge is -2.33. The molecule has 0 spiro atoms. The van der Waals surface area contributed by atoms with Gasteiger partial charge in [-0.25, -0.2) is 13.4 Å². The van der Waals surface area contributed by atoms with Crippen molar-refractivity contribution < 1.29 is 31.5 Å². The maximum absolute atomic E-state index is 13.8. The first-order valence-corrected chi connectivity index (χ1v) is 11.8. The monoisotopic (exact) mass is 481 g/mol. The van der Waals surface area contributed by atoms with Crippen LogP contribution in [0.15, 0.2) is 65.6 Å². The molecular weight excluding hydrogens is 459 g/mol. The predicted octanol–water partition coefficient (Wildman–Crippen LogP) is 3.11. The number of nitrogens with one attached hydrogen (secondary N) is 1. The summed E-state index contributed by atoms with van der Waals surface area (Å²) < 4.78 is 68.7. The number of benzene rings is 2. The molecule has 4 rings (SSSR count). The van der Waals surface area contributed by atoms with Crippen LogP contribution in [0.2, 0.25) is 0 Å². The molecule has 1 saturated heterocycles. The largest absolute Gasteiger partial charge is 0.442 e. The van der Waals surface area contributed by atoms with Crippen LogP contribution in [0.3, 0.4) is 0 Å². The number of hydrogen-bond donors (Lipinski definition) is 2. The number of aliphatic hydroxyl groups is 1. The number of nitrogens with zero attached hydrogens (tertiary/aromatic N) is 2. The van der Waals surface area contributed by atoms with Crippen molar-refractivity contribution in [3.63, 3.8) is 0 Å². The van der Waals surface area contributed by atoms with Crippen molar-refractivity contribution in [2.45, 2.75) is 36.1 Å². The molecule has 176 valence electrons. The molecule has 1 fully saturated rings. The topological polar surface area (TPSA) is 90.0 Å². The van der Waals surface area contributed by atoms with Gasteiger partial charge in [-0.05, 0) is 36.6 Å². The molecule has 2 aromatic rings. The zero-order valence-corrected chi connectivity index (χ0v) is 18.2. The van der Waals surface area contributed by atoms with Crippen molar-refractivity contribution in [3.8, 4) is 0 Å². The molecule has 11 heteroatoms. The first kappa shape index (κ1) is 23.3. The summed E-state index contributed by atoms with van der Waals surface area (Å²) in [6, 6.07) is 12.7. The third-order valence-corrected chi connectivity index (χ3v) is 7.55. The van der Waals surface area contributed by atoms with Gasteiger partial charge in [-0.15, -0.1) is 0 Å². The van der Waals surface area contributed by atoms with Gasteiger partial charge in [0, 0.05) is 24.7 Å². The highest BCUT2D eigenvalue weighted by molar-refractivity contribution is 7.89. The van der Waals surface area contributed by atoms with Crippen LogP contribution in [0.1, 0.15) is 35.2 Å². The van der Waals surface area contributed by atoms with E-state index in [0.717, 1.165) is 12.5 Å². The number of carbonyl (C=O) groups is 1. The molecule has 33 heavy (non-hydrogen) atoms.